The highest BCUT2D eigenvalue weighted by Gasteiger charge is 2.43. The van der Waals surface area contributed by atoms with Crippen LogP contribution in [0, 0.1) is 17.8 Å². The van der Waals surface area contributed by atoms with E-state index in [4.69, 9.17) is 15.2 Å². The van der Waals surface area contributed by atoms with E-state index in [1.54, 1.807) is 57.1 Å². The summed E-state index contributed by atoms with van der Waals surface area (Å²) in [4.78, 5) is 61.2. The highest BCUT2D eigenvalue weighted by molar-refractivity contribution is 5.88. The number of methoxy groups -OCH3 is 2. The molecule has 1 saturated heterocycles. The number of amides is 4. The Bertz CT molecular complexity index is 1210. The van der Waals surface area contributed by atoms with Crippen molar-refractivity contribution >= 4 is 29.3 Å². The van der Waals surface area contributed by atoms with E-state index in [-0.39, 0.29) is 54.5 Å². The van der Waals surface area contributed by atoms with Gasteiger partial charge >= 0.3 is 0 Å². The van der Waals surface area contributed by atoms with E-state index >= 15 is 0 Å². The Morgan fingerprint density at radius 3 is 2.14 bits per heavy atom. The number of carbonyl (C=O) groups is 4. The molecule has 0 aliphatic carbocycles. The number of ether oxygens (including phenoxy) is 2. The fraction of sp³-hybridized carbons (Fsp3) is 0.730. The maximum atomic E-state index is 14.1. The zero-order valence-electron chi connectivity index (χ0n) is 31.9. The Morgan fingerprint density at radius 1 is 0.980 bits per heavy atom. The Labute approximate surface area is 295 Å². The third-order valence-corrected chi connectivity index (χ3v) is 10.0. The number of benzene rings is 1. The summed E-state index contributed by atoms with van der Waals surface area (Å²) in [5.74, 6) is -1.16. The van der Waals surface area contributed by atoms with E-state index in [0.717, 1.165) is 24.8 Å². The summed E-state index contributed by atoms with van der Waals surface area (Å²) in [5, 5.41) is 2.92. The average Bonchev–Trinajstić information content (AvgIpc) is 3.55. The van der Waals surface area contributed by atoms with Crippen LogP contribution >= 0.6 is 0 Å². The minimum absolute atomic E-state index is 0.0134. The van der Waals surface area contributed by atoms with Crippen LogP contribution in [-0.4, -0.2) is 136 Å². The highest BCUT2D eigenvalue weighted by Crippen LogP contribution is 2.30. The van der Waals surface area contributed by atoms with E-state index in [2.05, 4.69) is 12.2 Å². The van der Waals surface area contributed by atoms with E-state index < -0.39 is 30.2 Å². The number of anilines is 1. The van der Waals surface area contributed by atoms with E-state index in [0.29, 0.717) is 25.2 Å². The molecule has 1 aliphatic rings. The number of nitrogens with zero attached hydrogens (tertiary/aromatic N) is 4. The zero-order chi connectivity index (χ0) is 37.0. The van der Waals surface area contributed by atoms with E-state index in [9.17, 15) is 19.2 Å². The summed E-state index contributed by atoms with van der Waals surface area (Å²) in [5.41, 5.74) is 7.61. The smallest absolute Gasteiger partial charge is 0.245 e. The molecule has 1 aliphatic heterocycles. The summed E-state index contributed by atoms with van der Waals surface area (Å²) in [7, 11) is 10.3. The summed E-state index contributed by atoms with van der Waals surface area (Å²) in [6.07, 6.45) is 2.00. The van der Waals surface area contributed by atoms with Gasteiger partial charge in [-0.3, -0.25) is 19.2 Å². The lowest BCUT2D eigenvalue weighted by atomic mass is 9.89. The third kappa shape index (κ3) is 11.7. The van der Waals surface area contributed by atoms with Gasteiger partial charge in [0.15, 0.2) is 0 Å². The quantitative estimate of drug-likeness (QED) is 0.212. The Balaban J connectivity index is 2.20. The molecule has 1 aromatic rings. The third-order valence-electron chi connectivity index (χ3n) is 10.0. The van der Waals surface area contributed by atoms with Gasteiger partial charge in [-0.25, -0.2) is 0 Å². The molecule has 278 valence electrons. The molecule has 6 unspecified atom stereocenters. The first-order valence-electron chi connectivity index (χ1n) is 17.7. The van der Waals surface area contributed by atoms with Crippen molar-refractivity contribution in [2.24, 2.45) is 17.8 Å². The number of nitrogen functional groups attached to an aromatic ring is 1. The summed E-state index contributed by atoms with van der Waals surface area (Å²) in [6.45, 7) is 11.1. The molecule has 2 rings (SSSR count). The predicted octanol–water partition coefficient (Wildman–Crippen LogP) is 2.89. The van der Waals surface area contributed by atoms with Gasteiger partial charge in [0, 0.05) is 47.1 Å². The monoisotopic (exact) mass is 688 g/mol. The fourth-order valence-corrected chi connectivity index (χ4v) is 6.98. The first-order valence-corrected chi connectivity index (χ1v) is 17.7. The molecular weight excluding hydrogens is 624 g/mol. The standard InChI is InChI=1S/C37H64N6O6/c1-12-25(4)34(42(9)37(47)33(24(2)3)39-31(44)23-40(6)7)30(48-10)22-32(45)43-20-13-14-29(43)35(49-11)26(5)36(46)41(8)21-19-27-15-17-28(38)18-16-27/h15-18,24-26,29-30,33-35H,12-14,19-23,38H2,1-11H3,(H,39,44)/t25?,26?,29-,30?,33?,34?,35?/m0/s1. The summed E-state index contributed by atoms with van der Waals surface area (Å²) < 4.78 is 11.9. The van der Waals surface area contributed by atoms with Gasteiger partial charge in [0.25, 0.3) is 0 Å². The summed E-state index contributed by atoms with van der Waals surface area (Å²) in [6, 6.07) is 6.26. The first-order chi connectivity index (χ1) is 23.1. The molecule has 1 heterocycles. The van der Waals surface area contributed by atoms with Crippen molar-refractivity contribution in [1.29, 1.82) is 0 Å². The second-order valence-corrected chi connectivity index (χ2v) is 14.4. The lowest BCUT2D eigenvalue weighted by Gasteiger charge is -2.41. The maximum Gasteiger partial charge on any atom is 0.245 e. The minimum Gasteiger partial charge on any atom is -0.399 e. The molecule has 0 spiro atoms. The number of rotatable bonds is 19. The van der Waals surface area contributed by atoms with Crippen molar-refractivity contribution in [1.82, 2.24) is 24.9 Å². The zero-order valence-corrected chi connectivity index (χ0v) is 31.9. The van der Waals surface area contributed by atoms with Crippen molar-refractivity contribution in [3.63, 3.8) is 0 Å². The molecule has 7 atom stereocenters. The second kappa shape index (κ2) is 19.8. The minimum atomic E-state index is -0.716. The average molecular weight is 689 g/mol. The van der Waals surface area contributed by atoms with Crippen LogP contribution in [0.3, 0.4) is 0 Å². The largest absolute Gasteiger partial charge is 0.399 e. The van der Waals surface area contributed by atoms with Crippen molar-refractivity contribution in [3.8, 4) is 0 Å². The lowest BCUT2D eigenvalue weighted by Crippen LogP contribution is -2.58. The molecule has 0 bridgehead atoms. The van der Waals surface area contributed by atoms with Crippen LogP contribution in [-0.2, 0) is 35.1 Å². The molecule has 1 aromatic carbocycles. The van der Waals surface area contributed by atoms with Crippen LogP contribution in [0.15, 0.2) is 24.3 Å². The van der Waals surface area contributed by atoms with Crippen molar-refractivity contribution < 1.29 is 28.7 Å². The van der Waals surface area contributed by atoms with Gasteiger partial charge in [-0.15, -0.1) is 0 Å². The normalized spacial score (nSPS) is 18.5. The van der Waals surface area contributed by atoms with Crippen LogP contribution in [0.5, 0.6) is 0 Å². The molecule has 49 heavy (non-hydrogen) atoms. The number of hydrogen-bond donors (Lipinski definition) is 2. The lowest BCUT2D eigenvalue weighted by molar-refractivity contribution is -0.149. The fourth-order valence-electron chi connectivity index (χ4n) is 6.98. The molecule has 4 amide bonds. The Morgan fingerprint density at radius 2 is 1.61 bits per heavy atom. The SMILES string of the molecule is CCC(C)C(C(CC(=O)N1CCC[C@H]1C(OC)C(C)C(=O)N(C)CCc1ccc(N)cc1)OC)N(C)C(=O)C(NC(=O)CN(C)C)C(C)C. The second-order valence-electron chi connectivity index (χ2n) is 14.4. The first kappa shape index (κ1) is 41.9. The number of hydrogen-bond acceptors (Lipinski definition) is 8. The van der Waals surface area contributed by atoms with Crippen LogP contribution in [0.4, 0.5) is 5.69 Å². The number of likely N-dealkylation sites (tertiary alicyclic amines) is 1. The van der Waals surface area contributed by atoms with Gasteiger partial charge in [0.1, 0.15) is 6.04 Å². The van der Waals surface area contributed by atoms with Gasteiger partial charge in [0.2, 0.25) is 23.6 Å². The molecule has 12 nitrogen and oxygen atoms in total. The topological polar surface area (TPSA) is 138 Å². The van der Waals surface area contributed by atoms with E-state index in [1.165, 1.54) is 0 Å². The maximum absolute atomic E-state index is 14.1. The molecule has 0 aromatic heterocycles. The molecule has 0 saturated carbocycles. The molecule has 1 fully saturated rings. The number of carbonyl (C=O) groups excluding carboxylic acids is 4. The molecule has 0 radical (unpaired) electrons. The van der Waals surface area contributed by atoms with Gasteiger partial charge in [-0.05, 0) is 62.9 Å². The van der Waals surface area contributed by atoms with Crippen molar-refractivity contribution in [2.45, 2.75) is 97.1 Å². The van der Waals surface area contributed by atoms with Gasteiger partial charge in [-0.1, -0.05) is 53.2 Å². The number of nitrogens with two attached hydrogens (primary N) is 1. The molecule has 12 heteroatoms. The van der Waals surface area contributed by atoms with Crippen LogP contribution in [0.25, 0.3) is 0 Å². The van der Waals surface area contributed by atoms with Crippen LogP contribution in [0.1, 0.15) is 65.9 Å². The van der Waals surface area contributed by atoms with Crippen LogP contribution in [0.2, 0.25) is 0 Å². The van der Waals surface area contributed by atoms with Gasteiger partial charge in [-0.2, -0.15) is 0 Å². The van der Waals surface area contributed by atoms with Gasteiger partial charge in [0.05, 0.1) is 43.2 Å². The number of nitrogens with one attached hydrogen (secondary N) is 1. The molecule has 3 N–H and O–H groups in total. The Kier molecular flexibility index (Phi) is 17.0. The van der Waals surface area contributed by atoms with Crippen molar-refractivity contribution in [2.75, 3.05) is 67.8 Å². The van der Waals surface area contributed by atoms with Crippen LogP contribution < -0.4 is 11.1 Å². The van der Waals surface area contributed by atoms with Gasteiger partial charge < -0.3 is 40.1 Å². The van der Waals surface area contributed by atoms with Crippen molar-refractivity contribution in [3.05, 3.63) is 29.8 Å². The van der Waals surface area contributed by atoms with E-state index in [1.807, 2.05) is 56.9 Å². The number of likely N-dealkylation sites (N-methyl/N-ethyl adjacent to an activating group) is 3. The predicted molar refractivity (Wildman–Crippen MR) is 194 cm³/mol. The molecular formula is C37H64N6O6. The Hall–Kier alpha value is -3.22. The summed E-state index contributed by atoms with van der Waals surface area (Å²) >= 11 is 0. The highest BCUT2D eigenvalue weighted by atomic mass is 16.5.